The Bertz CT molecular complexity index is 156. The van der Waals surface area contributed by atoms with Crippen molar-refractivity contribution >= 4 is 0 Å². The van der Waals surface area contributed by atoms with Crippen molar-refractivity contribution in [3.63, 3.8) is 0 Å². The predicted molar refractivity (Wildman–Crippen MR) is 65.4 cm³/mol. The fourth-order valence-electron chi connectivity index (χ4n) is 1.62. The topological polar surface area (TPSA) is 50.7 Å². The van der Waals surface area contributed by atoms with Crippen molar-refractivity contribution < 1.29 is 14.6 Å². The molecule has 0 saturated heterocycles. The van der Waals surface area contributed by atoms with Gasteiger partial charge in [-0.2, -0.15) is 0 Å². The minimum absolute atomic E-state index is 0.215. The first-order chi connectivity index (χ1) is 7.55. The Morgan fingerprint density at radius 2 is 1.75 bits per heavy atom. The molecule has 1 atom stereocenters. The molecule has 0 radical (unpaired) electrons. The second kappa shape index (κ2) is 8.93. The zero-order valence-corrected chi connectivity index (χ0v) is 11.1. The lowest BCUT2D eigenvalue weighted by Crippen LogP contribution is -2.41. The van der Waals surface area contributed by atoms with Gasteiger partial charge in [0.2, 0.25) is 0 Å². The van der Waals surface area contributed by atoms with Gasteiger partial charge in [-0.05, 0) is 27.2 Å². The molecule has 0 rings (SSSR count). The van der Waals surface area contributed by atoms with E-state index >= 15 is 0 Å². The van der Waals surface area contributed by atoms with Crippen molar-refractivity contribution in [1.29, 1.82) is 0 Å². The van der Waals surface area contributed by atoms with Gasteiger partial charge in [-0.25, -0.2) is 0 Å². The van der Waals surface area contributed by atoms with E-state index in [1.165, 1.54) is 0 Å². The van der Waals surface area contributed by atoms with E-state index in [2.05, 4.69) is 12.2 Å². The lowest BCUT2D eigenvalue weighted by molar-refractivity contribution is -0.134. The molecule has 0 heterocycles. The monoisotopic (exact) mass is 233 g/mol. The van der Waals surface area contributed by atoms with Gasteiger partial charge in [-0.15, -0.1) is 0 Å². The average Bonchev–Trinajstić information content (AvgIpc) is 2.18. The summed E-state index contributed by atoms with van der Waals surface area (Å²) in [5, 5.41) is 13.1. The molecule has 0 bridgehead atoms. The third-order valence-corrected chi connectivity index (χ3v) is 2.31. The fourth-order valence-corrected chi connectivity index (χ4v) is 1.62. The van der Waals surface area contributed by atoms with Crippen molar-refractivity contribution in [3.8, 4) is 0 Å². The Morgan fingerprint density at radius 3 is 2.19 bits per heavy atom. The maximum absolute atomic E-state index is 9.94. The van der Waals surface area contributed by atoms with E-state index in [1.807, 2.05) is 20.8 Å². The van der Waals surface area contributed by atoms with Crippen LogP contribution in [0.25, 0.3) is 0 Å². The fraction of sp³-hybridized carbons (Fsp3) is 1.00. The highest BCUT2D eigenvalue weighted by Crippen LogP contribution is 2.09. The first kappa shape index (κ1) is 15.8. The van der Waals surface area contributed by atoms with E-state index in [4.69, 9.17) is 9.47 Å². The Labute approximate surface area is 99.3 Å². The average molecular weight is 233 g/mol. The van der Waals surface area contributed by atoms with Crippen LogP contribution in [0.1, 0.15) is 40.5 Å². The molecular weight excluding hydrogens is 206 g/mol. The molecule has 0 fully saturated rings. The van der Waals surface area contributed by atoms with Crippen LogP contribution < -0.4 is 5.32 Å². The van der Waals surface area contributed by atoms with Crippen molar-refractivity contribution in [1.82, 2.24) is 5.32 Å². The molecule has 1 unspecified atom stereocenters. The van der Waals surface area contributed by atoms with Crippen molar-refractivity contribution in [2.24, 2.45) is 0 Å². The van der Waals surface area contributed by atoms with Crippen molar-refractivity contribution in [2.75, 3.05) is 26.3 Å². The van der Waals surface area contributed by atoms with E-state index in [9.17, 15) is 5.11 Å². The van der Waals surface area contributed by atoms with Gasteiger partial charge >= 0.3 is 0 Å². The lowest BCUT2D eigenvalue weighted by atomic mass is 10.0. The second-order valence-corrected chi connectivity index (χ2v) is 4.22. The zero-order valence-electron chi connectivity index (χ0n) is 11.1. The molecule has 0 saturated carbocycles. The van der Waals surface area contributed by atoms with Gasteiger partial charge in [0.05, 0.1) is 5.60 Å². The van der Waals surface area contributed by atoms with Gasteiger partial charge in [0.1, 0.15) is 0 Å². The number of hydrogen-bond acceptors (Lipinski definition) is 4. The Kier molecular flexibility index (Phi) is 8.84. The minimum Gasteiger partial charge on any atom is -0.389 e. The molecule has 4 nitrogen and oxygen atoms in total. The van der Waals surface area contributed by atoms with Crippen LogP contribution in [0.4, 0.5) is 0 Å². The van der Waals surface area contributed by atoms with Crippen molar-refractivity contribution in [3.05, 3.63) is 0 Å². The standard InChI is InChI=1S/C12H27NO3/c1-5-8-12(4,14)10-13-9-11(15-6-2)16-7-3/h11,13-14H,5-10H2,1-4H3. The summed E-state index contributed by atoms with van der Waals surface area (Å²) in [5.74, 6) is 0. The molecule has 4 heteroatoms. The van der Waals surface area contributed by atoms with Crippen molar-refractivity contribution in [2.45, 2.75) is 52.4 Å². The molecule has 0 aromatic carbocycles. The Hall–Kier alpha value is -0.160. The molecule has 0 aliphatic rings. The third-order valence-electron chi connectivity index (χ3n) is 2.31. The highest BCUT2D eigenvalue weighted by atomic mass is 16.7. The van der Waals surface area contributed by atoms with Crippen LogP contribution >= 0.6 is 0 Å². The molecule has 0 aliphatic heterocycles. The van der Waals surface area contributed by atoms with Gasteiger partial charge in [-0.1, -0.05) is 13.3 Å². The summed E-state index contributed by atoms with van der Waals surface area (Å²) in [5.41, 5.74) is -0.641. The highest BCUT2D eigenvalue weighted by Gasteiger charge is 2.19. The molecule has 2 N–H and O–H groups in total. The van der Waals surface area contributed by atoms with Crippen LogP contribution in [0.2, 0.25) is 0 Å². The summed E-state index contributed by atoms with van der Waals surface area (Å²) in [4.78, 5) is 0. The summed E-state index contributed by atoms with van der Waals surface area (Å²) in [6, 6.07) is 0. The van der Waals surface area contributed by atoms with Crippen LogP contribution in [0.15, 0.2) is 0 Å². The lowest BCUT2D eigenvalue weighted by Gasteiger charge is -2.25. The van der Waals surface area contributed by atoms with Gasteiger partial charge in [0.15, 0.2) is 6.29 Å². The predicted octanol–water partition coefficient (Wildman–Crippen LogP) is 1.53. The molecule has 0 spiro atoms. The van der Waals surface area contributed by atoms with Crippen LogP contribution in [0.5, 0.6) is 0 Å². The number of rotatable bonds is 10. The summed E-state index contributed by atoms with van der Waals surface area (Å²) in [6.45, 7) is 10.3. The quantitative estimate of drug-likeness (QED) is 0.562. The van der Waals surface area contributed by atoms with Crippen LogP contribution in [-0.2, 0) is 9.47 Å². The second-order valence-electron chi connectivity index (χ2n) is 4.22. The maximum atomic E-state index is 9.94. The van der Waals surface area contributed by atoms with Gasteiger partial charge in [0.25, 0.3) is 0 Å². The van der Waals surface area contributed by atoms with Crippen LogP contribution in [0.3, 0.4) is 0 Å². The Morgan fingerprint density at radius 1 is 1.19 bits per heavy atom. The SMILES string of the molecule is CCCC(C)(O)CNCC(OCC)OCC. The van der Waals surface area contributed by atoms with E-state index in [0.29, 0.717) is 26.3 Å². The van der Waals surface area contributed by atoms with E-state index in [0.717, 1.165) is 12.8 Å². The number of aliphatic hydroxyl groups is 1. The first-order valence-corrected chi connectivity index (χ1v) is 6.22. The Balaban J connectivity index is 3.75. The molecule has 0 aliphatic carbocycles. The van der Waals surface area contributed by atoms with Gasteiger partial charge in [0, 0.05) is 26.3 Å². The molecule has 98 valence electrons. The minimum atomic E-state index is -0.641. The van der Waals surface area contributed by atoms with Gasteiger partial charge < -0.3 is 19.9 Å². The van der Waals surface area contributed by atoms with Crippen LogP contribution in [-0.4, -0.2) is 43.3 Å². The summed E-state index contributed by atoms with van der Waals surface area (Å²) < 4.78 is 10.8. The molecule has 0 amide bonds. The normalized spacial score (nSPS) is 15.4. The maximum Gasteiger partial charge on any atom is 0.169 e. The summed E-state index contributed by atoms with van der Waals surface area (Å²) in [7, 11) is 0. The zero-order chi connectivity index (χ0) is 12.4. The molecule has 0 aromatic heterocycles. The number of ether oxygens (including phenoxy) is 2. The van der Waals surface area contributed by atoms with E-state index < -0.39 is 5.60 Å². The summed E-state index contributed by atoms with van der Waals surface area (Å²) >= 11 is 0. The number of hydrogen-bond donors (Lipinski definition) is 2. The summed E-state index contributed by atoms with van der Waals surface area (Å²) in [6.07, 6.45) is 1.57. The molecule has 0 aromatic rings. The third kappa shape index (κ3) is 8.05. The first-order valence-electron chi connectivity index (χ1n) is 6.22. The number of nitrogens with one attached hydrogen (secondary N) is 1. The highest BCUT2D eigenvalue weighted by molar-refractivity contribution is 4.74. The molecular formula is C12H27NO3. The molecule has 16 heavy (non-hydrogen) atoms. The van der Waals surface area contributed by atoms with E-state index in [1.54, 1.807) is 0 Å². The van der Waals surface area contributed by atoms with E-state index in [-0.39, 0.29) is 6.29 Å². The smallest absolute Gasteiger partial charge is 0.169 e. The largest absolute Gasteiger partial charge is 0.389 e. The van der Waals surface area contributed by atoms with Gasteiger partial charge in [-0.3, -0.25) is 0 Å². The van der Waals surface area contributed by atoms with Crippen LogP contribution in [0, 0.1) is 0 Å².